The lowest BCUT2D eigenvalue weighted by Crippen LogP contribution is -2.59. The molecule has 1 aliphatic heterocycles. The van der Waals surface area contributed by atoms with Crippen molar-refractivity contribution in [1.82, 2.24) is 24.1 Å². The van der Waals surface area contributed by atoms with Crippen LogP contribution in [0.3, 0.4) is 0 Å². The third kappa shape index (κ3) is 4.34. The summed E-state index contributed by atoms with van der Waals surface area (Å²) in [5.74, 6) is 1.49. The lowest BCUT2D eigenvalue weighted by molar-refractivity contribution is 0.100. The summed E-state index contributed by atoms with van der Waals surface area (Å²) in [4.78, 5) is 22.6. The van der Waals surface area contributed by atoms with Crippen molar-refractivity contribution in [1.29, 1.82) is 5.26 Å². The number of aromatic nitrogens is 4. The van der Waals surface area contributed by atoms with Crippen LogP contribution in [0.2, 0.25) is 0 Å². The number of nitrogens with zero attached hydrogens (tertiary/aromatic N) is 7. The number of aryl methyl sites for hydroxylation is 1. The van der Waals surface area contributed by atoms with Gasteiger partial charge in [0.25, 0.3) is 5.56 Å². The van der Waals surface area contributed by atoms with Gasteiger partial charge in [-0.05, 0) is 44.2 Å². The minimum absolute atomic E-state index is 0.0589. The molecule has 0 amide bonds. The summed E-state index contributed by atoms with van der Waals surface area (Å²) in [6, 6.07) is 11.1. The zero-order valence-corrected chi connectivity index (χ0v) is 21.2. The first kappa shape index (κ1) is 23.6. The molecule has 2 aliphatic rings. The fraction of sp³-hybridized carbons (Fsp3) is 0.556. The molecule has 1 saturated heterocycles. The van der Waals surface area contributed by atoms with Crippen LogP contribution in [-0.4, -0.2) is 49.2 Å². The second-order valence-electron chi connectivity index (χ2n) is 10.1. The second kappa shape index (κ2) is 9.46. The number of pyridine rings is 1. The monoisotopic (exact) mass is 473 g/mol. The molecule has 8 heteroatoms. The van der Waals surface area contributed by atoms with Gasteiger partial charge in [0.2, 0.25) is 0 Å². The highest BCUT2D eigenvalue weighted by atomic mass is 16.1. The average Bonchev–Trinajstić information content (AvgIpc) is 3.65. The summed E-state index contributed by atoms with van der Waals surface area (Å²) in [7, 11) is 1.76. The molecule has 8 nitrogen and oxygen atoms in total. The van der Waals surface area contributed by atoms with Gasteiger partial charge in [-0.1, -0.05) is 19.9 Å². The number of anilines is 1. The minimum atomic E-state index is -0.0589. The van der Waals surface area contributed by atoms with Gasteiger partial charge in [0.05, 0.1) is 18.2 Å². The predicted molar refractivity (Wildman–Crippen MR) is 137 cm³/mol. The van der Waals surface area contributed by atoms with Crippen molar-refractivity contribution in [3.05, 3.63) is 57.8 Å². The number of hydrogen-bond donors (Lipinski definition) is 0. The molecular formula is C27H35N7O. The number of hydrogen-bond acceptors (Lipinski definition) is 6. The van der Waals surface area contributed by atoms with Gasteiger partial charge in [-0.15, -0.1) is 0 Å². The quantitative estimate of drug-likeness (QED) is 0.519. The Balaban J connectivity index is 1.46. The topological polar surface area (TPSA) is 82.5 Å². The fourth-order valence-electron chi connectivity index (χ4n) is 5.50. The molecule has 0 spiro atoms. The third-order valence-electron chi connectivity index (χ3n) is 7.91. The molecule has 0 aromatic carbocycles. The highest BCUT2D eigenvalue weighted by Gasteiger charge is 2.36. The van der Waals surface area contributed by atoms with Crippen LogP contribution in [-0.2, 0) is 13.5 Å². The van der Waals surface area contributed by atoms with Gasteiger partial charge in [0, 0.05) is 68.2 Å². The van der Waals surface area contributed by atoms with E-state index in [1.54, 1.807) is 17.7 Å². The first-order valence-corrected chi connectivity index (χ1v) is 12.9. The largest absolute Gasteiger partial charge is 0.351 e. The number of piperazine rings is 1. The summed E-state index contributed by atoms with van der Waals surface area (Å²) in [6.45, 7) is 8.46. The smallest absolute Gasteiger partial charge is 0.255 e. The summed E-state index contributed by atoms with van der Waals surface area (Å²) in [5.41, 5.74) is 3.84. The number of fused-ring (bicyclic) bond motifs is 1. The number of nitriles is 1. The van der Waals surface area contributed by atoms with Crippen LogP contribution in [0.5, 0.6) is 0 Å². The Morgan fingerprint density at radius 1 is 1.14 bits per heavy atom. The van der Waals surface area contributed by atoms with Crippen molar-refractivity contribution in [3.8, 4) is 6.07 Å². The van der Waals surface area contributed by atoms with E-state index in [1.807, 2.05) is 10.6 Å². The second-order valence-corrected chi connectivity index (χ2v) is 10.1. The van der Waals surface area contributed by atoms with E-state index in [0.29, 0.717) is 17.7 Å². The molecule has 3 atom stereocenters. The Morgan fingerprint density at radius 3 is 2.54 bits per heavy atom. The SMILES string of the molecule is CC[C@H]1CN(C(C)c2ccc(C3CC3)nc2)[C@H](CC)CN1c1cc(=O)n(C)c2cc(CC#N)nn12. The lowest BCUT2D eigenvalue weighted by atomic mass is 9.97. The van der Waals surface area contributed by atoms with E-state index in [1.165, 1.54) is 24.1 Å². The van der Waals surface area contributed by atoms with Crippen LogP contribution < -0.4 is 10.5 Å². The molecule has 4 heterocycles. The van der Waals surface area contributed by atoms with Crippen LogP contribution >= 0.6 is 0 Å². The summed E-state index contributed by atoms with van der Waals surface area (Å²) in [6.07, 6.45) is 6.81. The predicted octanol–water partition coefficient (Wildman–Crippen LogP) is 3.81. The molecule has 3 aromatic rings. The fourth-order valence-corrected chi connectivity index (χ4v) is 5.50. The van der Waals surface area contributed by atoms with E-state index in [-0.39, 0.29) is 24.1 Å². The molecular weight excluding hydrogens is 438 g/mol. The highest BCUT2D eigenvalue weighted by Crippen LogP contribution is 2.39. The van der Waals surface area contributed by atoms with E-state index >= 15 is 0 Å². The Labute approximate surface area is 206 Å². The van der Waals surface area contributed by atoms with Crippen LogP contribution in [0.25, 0.3) is 5.65 Å². The normalized spacial score (nSPS) is 21.9. The van der Waals surface area contributed by atoms with Crippen molar-refractivity contribution < 1.29 is 0 Å². The maximum absolute atomic E-state index is 12.9. The molecule has 3 aromatic heterocycles. The summed E-state index contributed by atoms with van der Waals surface area (Å²) >= 11 is 0. The maximum atomic E-state index is 12.9. The van der Waals surface area contributed by atoms with Crippen molar-refractivity contribution in [2.24, 2.45) is 7.05 Å². The Morgan fingerprint density at radius 2 is 1.91 bits per heavy atom. The summed E-state index contributed by atoms with van der Waals surface area (Å²) < 4.78 is 3.45. The van der Waals surface area contributed by atoms with Crippen molar-refractivity contribution in [3.63, 3.8) is 0 Å². The van der Waals surface area contributed by atoms with Crippen molar-refractivity contribution in [2.45, 2.75) is 76.9 Å². The molecule has 35 heavy (non-hydrogen) atoms. The van der Waals surface area contributed by atoms with Crippen LogP contribution in [0.1, 0.15) is 75.4 Å². The average molecular weight is 474 g/mol. The van der Waals surface area contributed by atoms with E-state index in [0.717, 1.165) is 37.4 Å². The van der Waals surface area contributed by atoms with E-state index in [9.17, 15) is 4.79 Å². The molecule has 2 fully saturated rings. The van der Waals surface area contributed by atoms with Gasteiger partial charge in [-0.2, -0.15) is 10.4 Å². The first-order valence-electron chi connectivity index (χ1n) is 12.9. The maximum Gasteiger partial charge on any atom is 0.255 e. The van der Waals surface area contributed by atoms with Gasteiger partial charge in [0.1, 0.15) is 11.5 Å². The molecule has 0 N–H and O–H groups in total. The first-order chi connectivity index (χ1) is 16.9. The molecule has 0 radical (unpaired) electrons. The van der Waals surface area contributed by atoms with Gasteiger partial charge in [0.15, 0.2) is 0 Å². The third-order valence-corrected chi connectivity index (χ3v) is 7.91. The zero-order chi connectivity index (χ0) is 24.7. The molecule has 5 rings (SSSR count). The van der Waals surface area contributed by atoms with E-state index in [4.69, 9.17) is 15.3 Å². The van der Waals surface area contributed by atoms with Crippen molar-refractivity contribution in [2.75, 3.05) is 18.0 Å². The molecule has 1 saturated carbocycles. The summed E-state index contributed by atoms with van der Waals surface area (Å²) in [5, 5.41) is 13.9. The van der Waals surface area contributed by atoms with Crippen molar-refractivity contribution >= 4 is 11.5 Å². The van der Waals surface area contributed by atoms with Crippen LogP contribution in [0.15, 0.2) is 35.3 Å². The Kier molecular flexibility index (Phi) is 6.37. The highest BCUT2D eigenvalue weighted by molar-refractivity contribution is 5.52. The minimum Gasteiger partial charge on any atom is -0.351 e. The molecule has 1 unspecified atom stereocenters. The van der Waals surface area contributed by atoms with Gasteiger partial charge >= 0.3 is 0 Å². The van der Waals surface area contributed by atoms with Gasteiger partial charge in [-0.25, -0.2) is 4.52 Å². The van der Waals surface area contributed by atoms with E-state index in [2.05, 4.69) is 55.0 Å². The molecule has 1 aliphatic carbocycles. The number of rotatable bonds is 7. The zero-order valence-electron chi connectivity index (χ0n) is 21.2. The van der Waals surface area contributed by atoms with Gasteiger partial charge in [-0.3, -0.25) is 19.2 Å². The standard InChI is InChI=1S/C27H35N7O/c1-5-22-17-33(26-14-27(35)31(4)25-13-21(11-12-28)30-34(25)26)23(6-2)16-32(22)18(3)20-9-10-24(29-15-20)19-7-8-19/h9-10,13-15,18-19,22-23H,5-8,11,16-17H2,1-4H3/t18?,22-,23+/m1/s1. The van der Waals surface area contributed by atoms with Crippen LogP contribution in [0, 0.1) is 11.3 Å². The Hall–Kier alpha value is -3.18. The molecule has 0 bridgehead atoms. The lowest BCUT2D eigenvalue weighted by Gasteiger charge is -2.49. The van der Waals surface area contributed by atoms with Gasteiger partial charge < -0.3 is 4.90 Å². The molecule has 184 valence electrons. The Bertz CT molecular complexity index is 1300. The van der Waals surface area contributed by atoms with E-state index < -0.39 is 0 Å². The van der Waals surface area contributed by atoms with Crippen LogP contribution in [0.4, 0.5) is 5.82 Å².